The normalized spacial score (nSPS) is 13.1. The number of aryl methyl sites for hydroxylation is 2. The van der Waals surface area contributed by atoms with E-state index in [1.54, 1.807) is 13.8 Å². The van der Waals surface area contributed by atoms with E-state index in [0.29, 0.717) is 5.76 Å². The fourth-order valence-electron chi connectivity index (χ4n) is 3.33. The third kappa shape index (κ3) is 4.80. The molecular formula is C20H29N5O6S2. The molecule has 3 N–H and O–H groups in total. The molecule has 0 spiro atoms. The fraction of sp³-hybridized carbons (Fsp3) is 0.500. The van der Waals surface area contributed by atoms with Gasteiger partial charge in [0.2, 0.25) is 0 Å². The van der Waals surface area contributed by atoms with Crippen molar-refractivity contribution in [2.45, 2.75) is 51.8 Å². The first-order chi connectivity index (χ1) is 15.5. The van der Waals surface area contributed by atoms with Gasteiger partial charge in [-0.05, 0) is 36.6 Å². The molecule has 0 saturated heterocycles. The minimum atomic E-state index is -3.85. The highest BCUT2D eigenvalue weighted by atomic mass is 32.2. The van der Waals surface area contributed by atoms with Gasteiger partial charge >= 0.3 is 11.6 Å². The minimum Gasteiger partial charge on any atom is -0.504 e. The van der Waals surface area contributed by atoms with Gasteiger partial charge in [0.1, 0.15) is 17.6 Å². The molecule has 0 aromatic carbocycles. The number of rotatable bonds is 10. The van der Waals surface area contributed by atoms with Crippen molar-refractivity contribution in [2.24, 2.45) is 5.92 Å². The SMILES string of the molecule is CCN(CC)S(=O)(=O)c1scc(Nc2no[n+]([O-])c2N[C@@H](c2cc(C)c(C)o2)C(C)C)c1O. The maximum atomic E-state index is 12.8. The second kappa shape index (κ2) is 9.61. The van der Waals surface area contributed by atoms with E-state index >= 15 is 0 Å². The summed E-state index contributed by atoms with van der Waals surface area (Å²) in [7, 11) is -3.85. The van der Waals surface area contributed by atoms with E-state index in [1.165, 1.54) is 9.69 Å². The number of nitrogens with one attached hydrogen (secondary N) is 2. The fourth-order valence-corrected chi connectivity index (χ4v) is 6.17. The van der Waals surface area contributed by atoms with Crippen LogP contribution >= 0.6 is 11.3 Å². The van der Waals surface area contributed by atoms with Crippen LogP contribution in [0, 0.1) is 25.0 Å². The lowest BCUT2D eigenvalue weighted by Crippen LogP contribution is -2.30. The monoisotopic (exact) mass is 499 g/mol. The number of thiophene rings is 1. The molecule has 182 valence electrons. The third-order valence-corrected chi connectivity index (χ3v) is 8.87. The Morgan fingerprint density at radius 2 is 1.97 bits per heavy atom. The van der Waals surface area contributed by atoms with Crippen molar-refractivity contribution in [1.82, 2.24) is 9.46 Å². The van der Waals surface area contributed by atoms with E-state index in [-0.39, 0.29) is 51.5 Å². The quantitative estimate of drug-likeness (QED) is 0.353. The van der Waals surface area contributed by atoms with Crippen LogP contribution in [0.4, 0.5) is 17.3 Å². The Bertz CT molecular complexity index is 1190. The number of furan rings is 1. The summed E-state index contributed by atoms with van der Waals surface area (Å²) in [5, 5.41) is 34.0. The molecule has 3 rings (SSSR count). The van der Waals surface area contributed by atoms with Crippen LogP contribution in [0.1, 0.15) is 50.8 Å². The molecule has 0 bridgehead atoms. The molecular weight excluding hydrogens is 470 g/mol. The van der Waals surface area contributed by atoms with Gasteiger partial charge in [0, 0.05) is 18.5 Å². The summed E-state index contributed by atoms with van der Waals surface area (Å²) in [5.41, 5.74) is 1.08. The first-order valence-corrected chi connectivity index (χ1v) is 12.8. The summed E-state index contributed by atoms with van der Waals surface area (Å²) >= 11 is 0.873. The highest BCUT2D eigenvalue weighted by Gasteiger charge is 2.32. The number of nitrogens with zero attached hydrogens (tertiary/aromatic N) is 3. The van der Waals surface area contributed by atoms with Crippen molar-refractivity contribution >= 4 is 38.7 Å². The third-order valence-electron chi connectivity index (χ3n) is 5.33. The van der Waals surface area contributed by atoms with Crippen molar-refractivity contribution in [3.05, 3.63) is 33.7 Å². The predicted molar refractivity (Wildman–Crippen MR) is 124 cm³/mol. The maximum absolute atomic E-state index is 12.8. The number of aromatic nitrogens is 2. The molecule has 0 amide bonds. The molecule has 0 unspecified atom stereocenters. The molecule has 3 heterocycles. The second-order valence-electron chi connectivity index (χ2n) is 7.88. The summed E-state index contributed by atoms with van der Waals surface area (Å²) in [4.78, 5) is 0.206. The van der Waals surface area contributed by atoms with Crippen molar-refractivity contribution in [1.29, 1.82) is 0 Å². The maximum Gasteiger partial charge on any atom is 0.320 e. The predicted octanol–water partition coefficient (Wildman–Crippen LogP) is 3.87. The van der Waals surface area contributed by atoms with E-state index in [4.69, 9.17) is 9.05 Å². The van der Waals surface area contributed by atoms with Crippen LogP contribution in [0.5, 0.6) is 5.75 Å². The first-order valence-electron chi connectivity index (χ1n) is 10.5. The van der Waals surface area contributed by atoms with Crippen molar-refractivity contribution < 1.29 is 27.5 Å². The second-order valence-corrected chi connectivity index (χ2v) is 10.9. The van der Waals surface area contributed by atoms with Gasteiger partial charge < -0.3 is 24.7 Å². The summed E-state index contributed by atoms with van der Waals surface area (Å²) in [6.07, 6.45) is 0. The summed E-state index contributed by atoms with van der Waals surface area (Å²) < 4.78 is 37.2. The molecule has 0 aliphatic heterocycles. The number of hydrogen-bond acceptors (Lipinski definition) is 10. The van der Waals surface area contributed by atoms with Crippen LogP contribution in [0.2, 0.25) is 0 Å². The van der Waals surface area contributed by atoms with E-state index in [1.807, 2.05) is 33.8 Å². The van der Waals surface area contributed by atoms with Gasteiger partial charge in [-0.3, -0.25) is 5.32 Å². The lowest BCUT2D eigenvalue weighted by molar-refractivity contribution is -0.791. The molecule has 3 aromatic rings. The van der Waals surface area contributed by atoms with Crippen LogP contribution in [-0.2, 0) is 10.0 Å². The average Bonchev–Trinajstić information content (AvgIpc) is 3.39. The van der Waals surface area contributed by atoms with Gasteiger partial charge in [0.05, 0.1) is 5.69 Å². The van der Waals surface area contributed by atoms with Crippen LogP contribution < -0.4 is 15.5 Å². The first kappa shape index (κ1) is 24.9. The van der Waals surface area contributed by atoms with Crippen molar-refractivity contribution in [3.8, 4) is 5.75 Å². The Balaban J connectivity index is 1.91. The van der Waals surface area contributed by atoms with Gasteiger partial charge in [0.15, 0.2) is 9.96 Å². The molecule has 0 radical (unpaired) electrons. The topological polar surface area (TPSA) is 148 Å². The molecule has 3 aromatic heterocycles. The summed E-state index contributed by atoms with van der Waals surface area (Å²) in [5.74, 6) is 0.989. The summed E-state index contributed by atoms with van der Waals surface area (Å²) in [6, 6.07) is 1.53. The number of sulfonamides is 1. The Hall–Kier alpha value is -2.77. The molecule has 33 heavy (non-hydrogen) atoms. The smallest absolute Gasteiger partial charge is 0.320 e. The molecule has 0 saturated carbocycles. The van der Waals surface area contributed by atoms with E-state index in [9.17, 15) is 18.7 Å². The molecule has 0 fully saturated rings. The Morgan fingerprint density at radius 1 is 1.30 bits per heavy atom. The highest BCUT2D eigenvalue weighted by molar-refractivity contribution is 7.91. The Kier molecular flexibility index (Phi) is 7.24. The summed E-state index contributed by atoms with van der Waals surface area (Å²) in [6.45, 7) is 11.7. The molecule has 13 heteroatoms. The van der Waals surface area contributed by atoms with Gasteiger partial charge in [-0.25, -0.2) is 8.42 Å². The van der Waals surface area contributed by atoms with Crippen molar-refractivity contribution in [3.63, 3.8) is 0 Å². The Labute approximate surface area is 196 Å². The lowest BCUT2D eigenvalue weighted by Gasteiger charge is -2.18. The zero-order valence-corrected chi connectivity index (χ0v) is 21.0. The van der Waals surface area contributed by atoms with Crippen LogP contribution in [-0.4, -0.2) is 36.1 Å². The van der Waals surface area contributed by atoms with Gasteiger partial charge in [-0.1, -0.05) is 32.6 Å². The van der Waals surface area contributed by atoms with E-state index in [2.05, 4.69) is 15.8 Å². The Morgan fingerprint density at radius 3 is 2.52 bits per heavy atom. The van der Waals surface area contributed by atoms with Gasteiger partial charge in [-0.2, -0.15) is 4.31 Å². The zero-order chi connectivity index (χ0) is 24.5. The van der Waals surface area contributed by atoms with Crippen LogP contribution in [0.25, 0.3) is 0 Å². The lowest BCUT2D eigenvalue weighted by atomic mass is 10.0. The van der Waals surface area contributed by atoms with Crippen LogP contribution in [0.3, 0.4) is 0 Å². The largest absolute Gasteiger partial charge is 0.504 e. The van der Waals surface area contributed by atoms with E-state index < -0.39 is 15.8 Å². The number of aromatic hydroxyl groups is 1. The van der Waals surface area contributed by atoms with E-state index in [0.717, 1.165) is 22.7 Å². The number of hydrogen-bond donors (Lipinski definition) is 3. The minimum absolute atomic E-state index is 0.00413. The van der Waals surface area contributed by atoms with Gasteiger partial charge in [0.25, 0.3) is 10.0 Å². The zero-order valence-electron chi connectivity index (χ0n) is 19.4. The average molecular weight is 500 g/mol. The van der Waals surface area contributed by atoms with Crippen LogP contribution in [0.15, 0.2) is 24.7 Å². The molecule has 0 aliphatic carbocycles. The number of anilines is 3. The molecule has 0 aliphatic rings. The van der Waals surface area contributed by atoms with Gasteiger partial charge in [-0.15, -0.1) is 11.3 Å². The standard InChI is InChI=1S/C20H29N5O6S2/c1-7-24(8-2)33(28,29)20-17(26)14(10-32-20)21-18-19(25(27)31-23-18)22-16(11(3)4)15-9-12(5)13(6)30-15/h9-11,16,22,26H,7-8H2,1-6H3,(H,21,23)/t16-/m1/s1. The molecule has 11 nitrogen and oxygen atoms in total. The molecule has 1 atom stereocenters. The highest BCUT2D eigenvalue weighted by Crippen LogP contribution is 2.41. The van der Waals surface area contributed by atoms with Crippen molar-refractivity contribution in [2.75, 3.05) is 23.7 Å².